The van der Waals surface area contributed by atoms with Gasteiger partial charge in [-0.2, -0.15) is 0 Å². The number of nitrogens with one attached hydrogen (secondary N) is 1. The summed E-state index contributed by atoms with van der Waals surface area (Å²) in [5.41, 5.74) is 0. The van der Waals surface area contributed by atoms with E-state index in [0.29, 0.717) is 5.92 Å². The fourth-order valence-electron chi connectivity index (χ4n) is 1.67. The van der Waals surface area contributed by atoms with Crippen molar-refractivity contribution in [2.75, 3.05) is 0 Å². The minimum Gasteiger partial charge on any atom is -0.465 e. The van der Waals surface area contributed by atoms with E-state index in [0.717, 1.165) is 6.42 Å². The predicted molar refractivity (Wildman–Crippen MR) is 43.9 cm³/mol. The number of aliphatic hydroxyl groups is 1. The second-order valence-corrected chi connectivity index (χ2v) is 3.54. The van der Waals surface area contributed by atoms with Gasteiger partial charge in [0.05, 0.1) is 6.10 Å². The summed E-state index contributed by atoms with van der Waals surface area (Å²) in [6.07, 6.45) is -0.370. The van der Waals surface area contributed by atoms with E-state index in [2.05, 4.69) is 5.32 Å². The van der Waals surface area contributed by atoms with E-state index in [1.54, 1.807) is 6.92 Å². The van der Waals surface area contributed by atoms with Crippen LogP contribution >= 0.6 is 0 Å². The second-order valence-electron chi connectivity index (χ2n) is 3.54. The summed E-state index contributed by atoms with van der Waals surface area (Å²) in [5.74, 6) is 0.605. The number of hydrogen-bond acceptors (Lipinski definition) is 2. The van der Waals surface area contributed by atoms with Crippen LogP contribution in [-0.4, -0.2) is 28.5 Å². The SMILES string of the molecule is C[C@H](O)[C@H]1C[C@H]1[C@H](C)NC(=O)O. The minimum absolute atomic E-state index is 0.0397. The van der Waals surface area contributed by atoms with Crippen molar-refractivity contribution in [3.05, 3.63) is 0 Å². The number of amides is 1. The van der Waals surface area contributed by atoms with E-state index < -0.39 is 6.09 Å². The molecule has 0 aliphatic heterocycles. The van der Waals surface area contributed by atoms with Gasteiger partial charge in [-0.3, -0.25) is 0 Å². The first-order chi connectivity index (χ1) is 5.52. The second kappa shape index (κ2) is 3.31. The summed E-state index contributed by atoms with van der Waals surface area (Å²) >= 11 is 0. The summed E-state index contributed by atoms with van der Waals surface area (Å²) in [6, 6.07) is -0.0397. The molecule has 0 unspecified atom stereocenters. The third kappa shape index (κ3) is 2.11. The lowest BCUT2D eigenvalue weighted by Gasteiger charge is -2.11. The van der Waals surface area contributed by atoms with Gasteiger partial charge in [-0.1, -0.05) is 0 Å². The zero-order chi connectivity index (χ0) is 9.30. The van der Waals surface area contributed by atoms with Crippen molar-refractivity contribution in [1.82, 2.24) is 5.32 Å². The van der Waals surface area contributed by atoms with Crippen molar-refractivity contribution >= 4 is 6.09 Å². The van der Waals surface area contributed by atoms with Gasteiger partial charge in [0.2, 0.25) is 0 Å². The highest BCUT2D eigenvalue weighted by atomic mass is 16.4. The third-order valence-electron chi connectivity index (χ3n) is 2.50. The van der Waals surface area contributed by atoms with Gasteiger partial charge >= 0.3 is 6.09 Å². The number of hydrogen-bond donors (Lipinski definition) is 3. The van der Waals surface area contributed by atoms with E-state index >= 15 is 0 Å². The van der Waals surface area contributed by atoms with Crippen LogP contribution in [0.15, 0.2) is 0 Å². The average Bonchev–Trinajstić information content (AvgIpc) is 2.61. The van der Waals surface area contributed by atoms with E-state index in [1.165, 1.54) is 0 Å². The van der Waals surface area contributed by atoms with Crippen molar-refractivity contribution in [1.29, 1.82) is 0 Å². The molecule has 1 rings (SSSR count). The standard InChI is InChI=1S/C8H15NO3/c1-4(9-8(11)12)6-3-7(6)5(2)10/h4-7,9-10H,3H2,1-2H3,(H,11,12)/t4-,5-,6-,7+/m0/s1. The summed E-state index contributed by atoms with van der Waals surface area (Å²) in [5, 5.41) is 20.0. The maximum atomic E-state index is 10.2. The van der Waals surface area contributed by atoms with Gasteiger partial charge < -0.3 is 15.5 Å². The Balaban J connectivity index is 2.28. The monoisotopic (exact) mass is 173 g/mol. The largest absolute Gasteiger partial charge is 0.465 e. The van der Waals surface area contributed by atoms with Gasteiger partial charge in [-0.05, 0) is 32.1 Å². The molecule has 1 aliphatic carbocycles. The molecule has 1 aliphatic rings. The van der Waals surface area contributed by atoms with Crippen molar-refractivity contribution in [2.45, 2.75) is 32.4 Å². The summed E-state index contributed by atoms with van der Waals surface area (Å²) < 4.78 is 0. The Labute approximate surface area is 71.6 Å². The normalized spacial score (nSPS) is 32.2. The molecular weight excluding hydrogens is 158 g/mol. The van der Waals surface area contributed by atoms with E-state index in [-0.39, 0.29) is 18.1 Å². The van der Waals surface area contributed by atoms with Crippen LogP contribution in [0.25, 0.3) is 0 Å². The molecule has 1 saturated carbocycles. The Bertz CT molecular complexity index is 181. The highest BCUT2D eigenvalue weighted by Crippen LogP contribution is 2.43. The fourth-order valence-corrected chi connectivity index (χ4v) is 1.67. The van der Waals surface area contributed by atoms with Crippen molar-refractivity contribution in [3.8, 4) is 0 Å². The van der Waals surface area contributed by atoms with E-state index in [9.17, 15) is 9.90 Å². The lowest BCUT2D eigenvalue weighted by atomic mass is 10.1. The van der Waals surface area contributed by atoms with Crippen molar-refractivity contribution < 1.29 is 15.0 Å². The smallest absolute Gasteiger partial charge is 0.404 e. The maximum absolute atomic E-state index is 10.2. The molecule has 1 fully saturated rings. The predicted octanol–water partition coefficient (Wildman–Crippen LogP) is 0.659. The number of carboxylic acid groups (broad SMARTS) is 1. The lowest BCUT2D eigenvalue weighted by Crippen LogP contribution is -2.33. The molecule has 4 nitrogen and oxygen atoms in total. The molecule has 0 spiro atoms. The van der Waals surface area contributed by atoms with Gasteiger partial charge in [0, 0.05) is 6.04 Å². The van der Waals surface area contributed by atoms with Gasteiger partial charge in [0.1, 0.15) is 0 Å². The Morgan fingerprint density at radius 2 is 2.08 bits per heavy atom. The molecule has 4 heteroatoms. The summed E-state index contributed by atoms with van der Waals surface area (Å²) in [4.78, 5) is 10.2. The molecule has 0 aromatic rings. The molecule has 0 saturated heterocycles. The number of aliphatic hydroxyl groups excluding tert-OH is 1. The molecular formula is C8H15NO3. The highest BCUT2D eigenvalue weighted by molar-refractivity contribution is 5.64. The first-order valence-corrected chi connectivity index (χ1v) is 4.20. The fraction of sp³-hybridized carbons (Fsp3) is 0.875. The van der Waals surface area contributed by atoms with Crippen LogP contribution in [0.1, 0.15) is 20.3 Å². The summed E-state index contributed by atoms with van der Waals surface area (Å²) in [6.45, 7) is 3.58. The molecule has 0 heterocycles. The zero-order valence-corrected chi connectivity index (χ0v) is 7.32. The Morgan fingerprint density at radius 1 is 1.50 bits per heavy atom. The first-order valence-electron chi connectivity index (χ1n) is 4.20. The van der Waals surface area contributed by atoms with Crippen LogP contribution < -0.4 is 5.32 Å². The van der Waals surface area contributed by atoms with Gasteiger partial charge in [0.15, 0.2) is 0 Å². The first kappa shape index (κ1) is 9.32. The van der Waals surface area contributed by atoms with Crippen LogP contribution in [0.4, 0.5) is 4.79 Å². The van der Waals surface area contributed by atoms with Crippen LogP contribution in [0.5, 0.6) is 0 Å². The molecule has 0 aromatic heterocycles. The van der Waals surface area contributed by atoms with Crippen LogP contribution in [-0.2, 0) is 0 Å². The number of rotatable bonds is 3. The Hall–Kier alpha value is -0.770. The van der Waals surface area contributed by atoms with Gasteiger partial charge in [-0.25, -0.2) is 4.79 Å². The molecule has 0 bridgehead atoms. The van der Waals surface area contributed by atoms with E-state index in [4.69, 9.17) is 5.11 Å². The van der Waals surface area contributed by atoms with Gasteiger partial charge in [0.25, 0.3) is 0 Å². The molecule has 1 amide bonds. The molecule has 70 valence electrons. The highest BCUT2D eigenvalue weighted by Gasteiger charge is 2.44. The van der Waals surface area contributed by atoms with Crippen LogP contribution in [0, 0.1) is 11.8 Å². The Morgan fingerprint density at radius 3 is 2.42 bits per heavy atom. The summed E-state index contributed by atoms with van der Waals surface area (Å²) in [7, 11) is 0. The topological polar surface area (TPSA) is 69.6 Å². The van der Waals surface area contributed by atoms with Crippen molar-refractivity contribution in [3.63, 3.8) is 0 Å². The average molecular weight is 173 g/mol. The molecule has 4 atom stereocenters. The van der Waals surface area contributed by atoms with Crippen LogP contribution in [0.2, 0.25) is 0 Å². The van der Waals surface area contributed by atoms with Gasteiger partial charge in [-0.15, -0.1) is 0 Å². The third-order valence-corrected chi connectivity index (χ3v) is 2.50. The molecule has 12 heavy (non-hydrogen) atoms. The molecule has 0 aromatic carbocycles. The Kier molecular flexibility index (Phi) is 2.57. The zero-order valence-electron chi connectivity index (χ0n) is 7.32. The number of carbonyl (C=O) groups is 1. The lowest BCUT2D eigenvalue weighted by molar-refractivity contribution is 0.158. The molecule has 0 radical (unpaired) electrons. The molecule has 3 N–H and O–H groups in total. The maximum Gasteiger partial charge on any atom is 0.404 e. The van der Waals surface area contributed by atoms with Crippen LogP contribution in [0.3, 0.4) is 0 Å². The van der Waals surface area contributed by atoms with Crippen molar-refractivity contribution in [2.24, 2.45) is 11.8 Å². The quantitative estimate of drug-likeness (QED) is 0.587. The minimum atomic E-state index is -0.987. The van der Waals surface area contributed by atoms with E-state index in [1.807, 2.05) is 6.92 Å².